The number of amidine groups is 1. The number of nitrogens with zero attached hydrogens (tertiary/aromatic N) is 3. The van der Waals surface area contributed by atoms with Crippen molar-refractivity contribution in [1.29, 1.82) is 5.41 Å². The highest BCUT2D eigenvalue weighted by Gasteiger charge is 2.31. The summed E-state index contributed by atoms with van der Waals surface area (Å²) in [5.74, 6) is 1.06. The molecule has 0 saturated heterocycles. The molecule has 1 aliphatic rings. The minimum Gasteiger partial charge on any atom is -0.388 e. The lowest BCUT2D eigenvalue weighted by molar-refractivity contribution is 0.507. The lowest BCUT2D eigenvalue weighted by Crippen LogP contribution is -2.37. The van der Waals surface area contributed by atoms with Gasteiger partial charge >= 0.3 is 0 Å². The maximum absolute atomic E-state index is 12.5. The van der Waals surface area contributed by atoms with E-state index in [1.165, 1.54) is 0 Å². The number of hydrogen-bond donors (Lipinski definition) is 2. The molecule has 0 atom stereocenters. The van der Waals surface area contributed by atoms with Crippen LogP contribution in [0.1, 0.15) is 33.1 Å². The molecule has 0 bridgehead atoms. The Morgan fingerprint density at radius 3 is 2.85 bits per heavy atom. The monoisotopic (exact) mass is 277 g/mol. The Morgan fingerprint density at radius 1 is 1.60 bits per heavy atom. The molecule has 0 radical (unpaired) electrons. The van der Waals surface area contributed by atoms with Crippen molar-refractivity contribution in [3.05, 3.63) is 22.7 Å². The van der Waals surface area contributed by atoms with Crippen LogP contribution in [0.3, 0.4) is 0 Å². The van der Waals surface area contributed by atoms with E-state index in [0.29, 0.717) is 37.3 Å². The van der Waals surface area contributed by atoms with Gasteiger partial charge in [-0.2, -0.15) is 0 Å². The van der Waals surface area contributed by atoms with Crippen molar-refractivity contribution < 1.29 is 0 Å². The Bertz CT molecular complexity index is 533. The molecule has 3 N–H and O–H groups in total. The first-order chi connectivity index (χ1) is 9.49. The molecular formula is C14H23N5O. The fraction of sp³-hybridized carbons (Fsp3) is 0.643. The maximum atomic E-state index is 12.5. The van der Waals surface area contributed by atoms with Gasteiger partial charge in [-0.15, -0.1) is 0 Å². The quantitative estimate of drug-likeness (QED) is 0.579. The molecule has 0 amide bonds. The predicted octanol–water partition coefficient (Wildman–Crippen LogP) is 1.19. The average Bonchev–Trinajstić information content (AvgIpc) is 3.17. The smallest absolute Gasteiger partial charge is 0.293 e. The van der Waals surface area contributed by atoms with Crippen LogP contribution in [0.25, 0.3) is 0 Å². The summed E-state index contributed by atoms with van der Waals surface area (Å²) in [4.78, 5) is 18.8. The van der Waals surface area contributed by atoms with Gasteiger partial charge in [-0.3, -0.25) is 10.2 Å². The van der Waals surface area contributed by atoms with E-state index in [0.717, 1.165) is 12.8 Å². The van der Waals surface area contributed by atoms with Crippen molar-refractivity contribution >= 4 is 11.7 Å². The van der Waals surface area contributed by atoms with Crippen LogP contribution >= 0.6 is 0 Å². The SMILES string of the molecule is CC(C)Cn1ccnc(N(CCC(=N)N)C2CC2)c1=O. The Kier molecular flexibility index (Phi) is 4.42. The van der Waals surface area contributed by atoms with Crippen LogP contribution in [-0.4, -0.2) is 28.0 Å². The zero-order valence-corrected chi connectivity index (χ0v) is 12.2. The van der Waals surface area contributed by atoms with Gasteiger partial charge in [0.05, 0.1) is 5.84 Å². The number of aromatic nitrogens is 2. The largest absolute Gasteiger partial charge is 0.388 e. The number of hydrogen-bond acceptors (Lipinski definition) is 4. The molecule has 6 heteroatoms. The van der Waals surface area contributed by atoms with Crippen LogP contribution in [0, 0.1) is 11.3 Å². The van der Waals surface area contributed by atoms with Crippen LogP contribution in [0.5, 0.6) is 0 Å². The van der Waals surface area contributed by atoms with Crippen LogP contribution < -0.4 is 16.2 Å². The summed E-state index contributed by atoms with van der Waals surface area (Å²) in [5.41, 5.74) is 5.38. The van der Waals surface area contributed by atoms with E-state index in [1.54, 1.807) is 17.0 Å². The van der Waals surface area contributed by atoms with Crippen molar-refractivity contribution in [2.45, 2.75) is 45.7 Å². The molecule has 1 heterocycles. The summed E-state index contributed by atoms with van der Waals surface area (Å²) >= 11 is 0. The number of nitrogens with two attached hydrogens (primary N) is 1. The van der Waals surface area contributed by atoms with Gasteiger partial charge in [0.2, 0.25) is 0 Å². The first-order valence-corrected chi connectivity index (χ1v) is 7.14. The van der Waals surface area contributed by atoms with Gasteiger partial charge in [0.25, 0.3) is 5.56 Å². The normalized spacial score (nSPS) is 14.6. The number of rotatable bonds is 7. The Labute approximate surface area is 119 Å². The van der Waals surface area contributed by atoms with Crippen molar-refractivity contribution in [2.75, 3.05) is 11.4 Å². The van der Waals surface area contributed by atoms with E-state index in [2.05, 4.69) is 18.8 Å². The summed E-state index contributed by atoms with van der Waals surface area (Å²) in [5, 5.41) is 7.35. The van der Waals surface area contributed by atoms with E-state index >= 15 is 0 Å². The molecule has 0 aromatic carbocycles. The first-order valence-electron chi connectivity index (χ1n) is 7.14. The average molecular weight is 277 g/mol. The molecule has 20 heavy (non-hydrogen) atoms. The number of nitrogens with one attached hydrogen (secondary N) is 1. The molecule has 110 valence electrons. The van der Waals surface area contributed by atoms with Gasteiger partial charge in [-0.05, 0) is 18.8 Å². The van der Waals surface area contributed by atoms with E-state index in [1.807, 2.05) is 4.90 Å². The lowest BCUT2D eigenvalue weighted by Gasteiger charge is -2.23. The second kappa shape index (κ2) is 6.07. The van der Waals surface area contributed by atoms with Crippen LogP contribution in [-0.2, 0) is 6.54 Å². The standard InChI is InChI=1S/C14H23N5O/c1-10(2)9-18-8-6-17-13(14(18)20)19(11-3-4-11)7-5-12(15)16/h6,8,10-11H,3-5,7,9H2,1-2H3,(H3,15,16). The van der Waals surface area contributed by atoms with E-state index in [9.17, 15) is 4.79 Å². The zero-order chi connectivity index (χ0) is 14.7. The lowest BCUT2D eigenvalue weighted by atomic mass is 10.2. The molecule has 1 aromatic heterocycles. The van der Waals surface area contributed by atoms with E-state index in [4.69, 9.17) is 11.1 Å². The highest BCUT2D eigenvalue weighted by molar-refractivity contribution is 5.77. The topological polar surface area (TPSA) is 88.0 Å². The summed E-state index contributed by atoms with van der Waals surface area (Å²) in [7, 11) is 0. The van der Waals surface area contributed by atoms with Gasteiger partial charge in [-0.1, -0.05) is 13.8 Å². The zero-order valence-electron chi connectivity index (χ0n) is 12.2. The highest BCUT2D eigenvalue weighted by Crippen LogP contribution is 2.29. The third-order valence-corrected chi connectivity index (χ3v) is 3.34. The molecule has 0 aliphatic heterocycles. The van der Waals surface area contributed by atoms with Gasteiger partial charge in [0.15, 0.2) is 5.82 Å². The molecule has 1 fully saturated rings. The van der Waals surface area contributed by atoms with E-state index in [-0.39, 0.29) is 11.4 Å². The van der Waals surface area contributed by atoms with Crippen LogP contribution in [0.15, 0.2) is 17.2 Å². The molecule has 0 unspecified atom stereocenters. The second-order valence-electron chi connectivity index (χ2n) is 5.80. The van der Waals surface area contributed by atoms with Crippen molar-refractivity contribution in [3.8, 4) is 0 Å². The molecule has 1 aromatic rings. The maximum Gasteiger partial charge on any atom is 0.293 e. The minimum absolute atomic E-state index is 0.0448. The first kappa shape index (κ1) is 14.6. The molecule has 1 saturated carbocycles. The third kappa shape index (κ3) is 3.59. The molecular weight excluding hydrogens is 254 g/mol. The van der Waals surface area contributed by atoms with Crippen LogP contribution in [0.2, 0.25) is 0 Å². The molecule has 0 spiro atoms. The summed E-state index contributed by atoms with van der Waals surface area (Å²) in [6.45, 7) is 5.45. The summed E-state index contributed by atoms with van der Waals surface area (Å²) < 4.78 is 1.72. The van der Waals surface area contributed by atoms with Gasteiger partial charge in [-0.25, -0.2) is 4.98 Å². The number of anilines is 1. The van der Waals surface area contributed by atoms with Crippen molar-refractivity contribution in [2.24, 2.45) is 11.7 Å². The Morgan fingerprint density at radius 2 is 2.30 bits per heavy atom. The molecule has 6 nitrogen and oxygen atoms in total. The highest BCUT2D eigenvalue weighted by atomic mass is 16.1. The molecule has 2 rings (SSSR count). The van der Waals surface area contributed by atoms with Gasteiger partial charge in [0.1, 0.15) is 0 Å². The minimum atomic E-state index is -0.0448. The molecule has 1 aliphatic carbocycles. The van der Waals surface area contributed by atoms with Crippen molar-refractivity contribution in [3.63, 3.8) is 0 Å². The van der Waals surface area contributed by atoms with Gasteiger partial charge in [0, 0.05) is 37.9 Å². The van der Waals surface area contributed by atoms with Gasteiger partial charge < -0.3 is 15.2 Å². The summed E-state index contributed by atoms with van der Waals surface area (Å²) in [6.07, 6.45) is 6.05. The van der Waals surface area contributed by atoms with Crippen molar-refractivity contribution in [1.82, 2.24) is 9.55 Å². The van der Waals surface area contributed by atoms with E-state index < -0.39 is 0 Å². The third-order valence-electron chi connectivity index (χ3n) is 3.34. The fourth-order valence-corrected chi connectivity index (χ4v) is 2.26. The summed E-state index contributed by atoms with van der Waals surface area (Å²) in [6, 6.07) is 0.379. The Balaban J connectivity index is 2.24. The predicted molar refractivity (Wildman–Crippen MR) is 80.2 cm³/mol. The van der Waals surface area contributed by atoms with Crippen LogP contribution in [0.4, 0.5) is 5.82 Å². The Hall–Kier alpha value is -1.85. The fourth-order valence-electron chi connectivity index (χ4n) is 2.26. The second-order valence-corrected chi connectivity index (χ2v) is 5.80.